The second kappa shape index (κ2) is 7.57. The highest BCUT2D eigenvalue weighted by molar-refractivity contribution is 9.10. The highest BCUT2D eigenvalue weighted by Crippen LogP contribution is 2.17. The van der Waals surface area contributed by atoms with Crippen molar-refractivity contribution in [3.05, 3.63) is 34.1 Å². The zero-order valence-corrected chi connectivity index (χ0v) is 12.5. The van der Waals surface area contributed by atoms with E-state index in [2.05, 4.69) is 21.2 Å². The lowest BCUT2D eigenvalue weighted by molar-refractivity contribution is -0.124. The Balaban J connectivity index is 2.52. The van der Waals surface area contributed by atoms with Crippen molar-refractivity contribution >= 4 is 21.8 Å². The standard InChI is InChI=1S/C13H18BrFN2O2/c1-8(17-13(18)12(16)7-19-2)5-9-3-4-11(15)10(14)6-9/h3-4,6,8,12H,5,7,16H2,1-2H3,(H,17,18). The van der Waals surface area contributed by atoms with E-state index in [9.17, 15) is 9.18 Å². The summed E-state index contributed by atoms with van der Waals surface area (Å²) in [6, 6.07) is 4.02. The van der Waals surface area contributed by atoms with E-state index < -0.39 is 6.04 Å². The van der Waals surface area contributed by atoms with Crippen molar-refractivity contribution < 1.29 is 13.9 Å². The third kappa shape index (κ3) is 5.26. The molecule has 4 nitrogen and oxygen atoms in total. The van der Waals surface area contributed by atoms with Crippen molar-refractivity contribution in [1.82, 2.24) is 5.32 Å². The van der Waals surface area contributed by atoms with Gasteiger partial charge in [-0.25, -0.2) is 4.39 Å². The molecule has 1 rings (SSSR count). The number of ether oxygens (including phenoxy) is 1. The number of amides is 1. The van der Waals surface area contributed by atoms with Gasteiger partial charge in [0.1, 0.15) is 11.9 Å². The van der Waals surface area contributed by atoms with Crippen molar-refractivity contribution in [1.29, 1.82) is 0 Å². The average molecular weight is 333 g/mol. The van der Waals surface area contributed by atoms with E-state index in [0.717, 1.165) is 5.56 Å². The van der Waals surface area contributed by atoms with Gasteiger partial charge >= 0.3 is 0 Å². The Bertz CT molecular complexity index is 443. The average Bonchev–Trinajstić information content (AvgIpc) is 2.34. The molecule has 0 aliphatic heterocycles. The molecular weight excluding hydrogens is 315 g/mol. The minimum absolute atomic E-state index is 0.0900. The summed E-state index contributed by atoms with van der Waals surface area (Å²) in [5.74, 6) is -0.557. The molecule has 1 aromatic carbocycles. The van der Waals surface area contributed by atoms with Crippen molar-refractivity contribution in [3.8, 4) is 0 Å². The van der Waals surface area contributed by atoms with Gasteiger partial charge in [-0.15, -0.1) is 0 Å². The zero-order valence-electron chi connectivity index (χ0n) is 11.0. The molecule has 1 amide bonds. The molecule has 0 spiro atoms. The SMILES string of the molecule is COCC(N)C(=O)NC(C)Cc1ccc(F)c(Br)c1. The van der Waals surface area contributed by atoms with Gasteiger partial charge in [0.2, 0.25) is 5.91 Å². The predicted octanol–water partition coefficient (Wildman–Crippen LogP) is 1.61. The molecule has 0 saturated carbocycles. The van der Waals surface area contributed by atoms with Gasteiger partial charge in [0, 0.05) is 13.2 Å². The van der Waals surface area contributed by atoms with Crippen LogP contribution < -0.4 is 11.1 Å². The molecule has 0 saturated heterocycles. The Hall–Kier alpha value is -0.980. The lowest BCUT2D eigenvalue weighted by Crippen LogP contribution is -2.47. The minimum Gasteiger partial charge on any atom is -0.383 e. The summed E-state index contributed by atoms with van der Waals surface area (Å²) in [5.41, 5.74) is 6.55. The molecule has 0 fully saturated rings. The van der Waals surface area contributed by atoms with E-state index in [1.165, 1.54) is 13.2 Å². The van der Waals surface area contributed by atoms with Gasteiger partial charge in [-0.3, -0.25) is 4.79 Å². The van der Waals surface area contributed by atoms with Crippen LogP contribution >= 0.6 is 15.9 Å². The fourth-order valence-electron chi connectivity index (χ4n) is 1.68. The number of halogens is 2. The first-order valence-electron chi connectivity index (χ1n) is 5.93. The number of nitrogens with one attached hydrogen (secondary N) is 1. The first-order valence-corrected chi connectivity index (χ1v) is 6.72. The summed E-state index contributed by atoms with van der Waals surface area (Å²) < 4.78 is 18.3. The van der Waals surface area contributed by atoms with Crippen LogP contribution in [-0.2, 0) is 16.0 Å². The molecule has 3 N–H and O–H groups in total. The molecule has 2 unspecified atom stereocenters. The number of rotatable bonds is 6. The second-order valence-corrected chi connectivity index (χ2v) is 5.28. The summed E-state index contributed by atoms with van der Waals surface area (Å²) in [4.78, 5) is 11.7. The predicted molar refractivity (Wildman–Crippen MR) is 75.3 cm³/mol. The Morgan fingerprint density at radius 3 is 2.84 bits per heavy atom. The smallest absolute Gasteiger partial charge is 0.239 e. The molecule has 0 radical (unpaired) electrons. The number of hydrogen-bond acceptors (Lipinski definition) is 3. The van der Waals surface area contributed by atoms with E-state index in [4.69, 9.17) is 10.5 Å². The highest BCUT2D eigenvalue weighted by Gasteiger charge is 2.15. The van der Waals surface area contributed by atoms with Gasteiger partial charge in [-0.1, -0.05) is 6.07 Å². The van der Waals surface area contributed by atoms with Gasteiger partial charge in [0.15, 0.2) is 0 Å². The molecule has 6 heteroatoms. The van der Waals surface area contributed by atoms with Crippen molar-refractivity contribution in [2.45, 2.75) is 25.4 Å². The summed E-state index contributed by atoms with van der Waals surface area (Å²) in [6.45, 7) is 2.05. The Morgan fingerprint density at radius 2 is 2.26 bits per heavy atom. The maximum absolute atomic E-state index is 13.1. The number of hydrogen-bond donors (Lipinski definition) is 2. The van der Waals surface area contributed by atoms with E-state index in [0.29, 0.717) is 10.9 Å². The maximum atomic E-state index is 13.1. The van der Waals surface area contributed by atoms with Crippen molar-refractivity contribution in [2.24, 2.45) is 5.73 Å². The lowest BCUT2D eigenvalue weighted by atomic mass is 10.1. The monoisotopic (exact) mass is 332 g/mol. The number of carbonyl (C=O) groups excluding carboxylic acids is 1. The second-order valence-electron chi connectivity index (χ2n) is 4.42. The van der Waals surface area contributed by atoms with Gasteiger partial charge in [0.05, 0.1) is 11.1 Å². The van der Waals surface area contributed by atoms with E-state index >= 15 is 0 Å². The molecule has 0 aromatic heterocycles. The number of nitrogens with two attached hydrogens (primary N) is 1. The molecule has 19 heavy (non-hydrogen) atoms. The van der Waals surface area contributed by atoms with Crippen molar-refractivity contribution in [2.75, 3.05) is 13.7 Å². The molecular formula is C13H18BrFN2O2. The Kier molecular flexibility index (Phi) is 6.41. The van der Waals surface area contributed by atoms with Crippen LogP contribution in [0.3, 0.4) is 0 Å². The topological polar surface area (TPSA) is 64.3 Å². The lowest BCUT2D eigenvalue weighted by Gasteiger charge is -2.17. The Labute approximate surface area is 120 Å². The van der Waals surface area contributed by atoms with Crippen LogP contribution in [-0.4, -0.2) is 31.7 Å². The van der Waals surface area contributed by atoms with Crippen LogP contribution in [0.25, 0.3) is 0 Å². The summed E-state index contributed by atoms with van der Waals surface area (Å²) >= 11 is 3.13. The first-order chi connectivity index (χ1) is 8.93. The highest BCUT2D eigenvalue weighted by atomic mass is 79.9. The maximum Gasteiger partial charge on any atom is 0.239 e. The summed E-state index contributed by atoms with van der Waals surface area (Å²) in [7, 11) is 1.49. The normalized spacial score (nSPS) is 13.9. The molecule has 106 valence electrons. The van der Waals surface area contributed by atoms with Gasteiger partial charge in [0.25, 0.3) is 0 Å². The van der Waals surface area contributed by atoms with Crippen LogP contribution in [0.2, 0.25) is 0 Å². The van der Waals surface area contributed by atoms with Crippen LogP contribution in [0.5, 0.6) is 0 Å². The van der Waals surface area contributed by atoms with Crippen LogP contribution in [0.1, 0.15) is 12.5 Å². The minimum atomic E-state index is -0.674. The quantitative estimate of drug-likeness (QED) is 0.831. The van der Waals surface area contributed by atoms with Crippen LogP contribution in [0.15, 0.2) is 22.7 Å². The molecule has 0 heterocycles. The third-order valence-electron chi connectivity index (χ3n) is 2.60. The van der Waals surface area contributed by atoms with Crippen LogP contribution in [0, 0.1) is 5.82 Å². The third-order valence-corrected chi connectivity index (χ3v) is 3.21. The van der Waals surface area contributed by atoms with Gasteiger partial charge < -0.3 is 15.8 Å². The zero-order chi connectivity index (χ0) is 14.4. The van der Waals surface area contributed by atoms with Gasteiger partial charge in [-0.05, 0) is 47.0 Å². The number of methoxy groups -OCH3 is 1. The van der Waals surface area contributed by atoms with Crippen molar-refractivity contribution in [3.63, 3.8) is 0 Å². The largest absolute Gasteiger partial charge is 0.383 e. The molecule has 0 aliphatic rings. The van der Waals surface area contributed by atoms with E-state index in [1.54, 1.807) is 12.1 Å². The molecule has 0 bridgehead atoms. The molecule has 1 aromatic rings. The molecule has 2 atom stereocenters. The fourth-order valence-corrected chi connectivity index (χ4v) is 2.10. The molecule has 0 aliphatic carbocycles. The fraction of sp³-hybridized carbons (Fsp3) is 0.462. The summed E-state index contributed by atoms with van der Waals surface area (Å²) in [6.07, 6.45) is 0.602. The number of carbonyl (C=O) groups is 1. The van der Waals surface area contributed by atoms with Crippen LogP contribution in [0.4, 0.5) is 4.39 Å². The Morgan fingerprint density at radius 1 is 1.58 bits per heavy atom. The van der Waals surface area contributed by atoms with E-state index in [-0.39, 0.29) is 24.4 Å². The summed E-state index contributed by atoms with van der Waals surface area (Å²) in [5, 5.41) is 2.79. The number of benzene rings is 1. The van der Waals surface area contributed by atoms with Gasteiger partial charge in [-0.2, -0.15) is 0 Å². The first kappa shape index (κ1) is 16.1. The van der Waals surface area contributed by atoms with E-state index in [1.807, 2.05) is 6.92 Å².